The fourth-order valence-electron chi connectivity index (χ4n) is 1.87. The van der Waals surface area contributed by atoms with Crippen LogP contribution < -0.4 is 16.4 Å². The Hall–Kier alpha value is -2.60. The number of primary amides is 1. The van der Waals surface area contributed by atoms with Crippen molar-refractivity contribution in [2.24, 2.45) is 5.73 Å². The Kier molecular flexibility index (Phi) is 5.18. The Morgan fingerprint density at radius 3 is 2.30 bits per heavy atom. The normalized spacial score (nSPS) is 11.6. The molecule has 23 heavy (non-hydrogen) atoms. The molecule has 2 amide bonds. The first-order valence-electron chi connectivity index (χ1n) is 6.79. The van der Waals surface area contributed by atoms with E-state index in [0.717, 1.165) is 0 Å². The summed E-state index contributed by atoms with van der Waals surface area (Å²) in [7, 11) is 0. The number of amides is 2. The molecule has 0 aliphatic rings. The van der Waals surface area contributed by atoms with E-state index in [1.807, 2.05) is 0 Å². The molecule has 1 atom stereocenters. The van der Waals surface area contributed by atoms with E-state index in [-0.39, 0.29) is 10.9 Å². The van der Waals surface area contributed by atoms with Gasteiger partial charge in [-0.1, -0.05) is 11.6 Å². The number of nitrogens with one attached hydrogen (secondary N) is 2. The fourth-order valence-corrected chi connectivity index (χ4v) is 2.05. The van der Waals surface area contributed by atoms with Gasteiger partial charge in [0.05, 0.1) is 5.02 Å². The van der Waals surface area contributed by atoms with Gasteiger partial charge in [0.1, 0.15) is 11.9 Å². The van der Waals surface area contributed by atoms with Crippen molar-refractivity contribution in [3.05, 3.63) is 58.9 Å². The van der Waals surface area contributed by atoms with Crippen LogP contribution in [0.4, 0.5) is 15.8 Å². The summed E-state index contributed by atoms with van der Waals surface area (Å²) in [4.78, 5) is 23.1. The average molecular weight is 336 g/mol. The predicted octanol–water partition coefficient (Wildman–Crippen LogP) is 3.02. The third-order valence-electron chi connectivity index (χ3n) is 3.13. The SMILES string of the molecule is CC(Nc1ccc(F)c(Cl)c1)C(=O)Nc1ccc(C(N)=O)cc1. The van der Waals surface area contributed by atoms with Gasteiger partial charge in [0, 0.05) is 16.9 Å². The summed E-state index contributed by atoms with van der Waals surface area (Å²) in [6, 6.07) is 9.75. The lowest BCUT2D eigenvalue weighted by Crippen LogP contribution is -2.31. The Bertz CT molecular complexity index is 735. The summed E-state index contributed by atoms with van der Waals surface area (Å²) in [6.07, 6.45) is 0. The third kappa shape index (κ3) is 4.43. The molecular weight excluding hydrogens is 321 g/mol. The first kappa shape index (κ1) is 16.8. The maximum atomic E-state index is 13.1. The van der Waals surface area contributed by atoms with Gasteiger partial charge in [-0.15, -0.1) is 0 Å². The minimum absolute atomic E-state index is 0.0235. The number of benzene rings is 2. The number of halogens is 2. The Balaban J connectivity index is 1.99. The molecule has 0 aromatic heterocycles. The Morgan fingerprint density at radius 2 is 1.74 bits per heavy atom. The lowest BCUT2D eigenvalue weighted by atomic mass is 10.2. The summed E-state index contributed by atoms with van der Waals surface area (Å²) in [5.41, 5.74) is 6.57. The minimum atomic E-state index is -0.577. The van der Waals surface area contributed by atoms with E-state index in [1.54, 1.807) is 19.1 Å². The van der Waals surface area contributed by atoms with E-state index < -0.39 is 17.8 Å². The molecule has 120 valence electrons. The Morgan fingerprint density at radius 1 is 1.13 bits per heavy atom. The number of anilines is 2. The maximum absolute atomic E-state index is 13.1. The monoisotopic (exact) mass is 335 g/mol. The predicted molar refractivity (Wildman–Crippen MR) is 88.1 cm³/mol. The van der Waals surface area contributed by atoms with Crippen LogP contribution in [0.5, 0.6) is 0 Å². The molecule has 4 N–H and O–H groups in total. The minimum Gasteiger partial charge on any atom is -0.374 e. The van der Waals surface area contributed by atoms with Gasteiger partial charge in [0.25, 0.3) is 0 Å². The molecule has 0 bridgehead atoms. The number of nitrogens with two attached hydrogens (primary N) is 1. The molecule has 5 nitrogen and oxygen atoms in total. The zero-order valence-electron chi connectivity index (χ0n) is 12.3. The zero-order chi connectivity index (χ0) is 17.0. The molecule has 0 saturated heterocycles. The van der Waals surface area contributed by atoms with Gasteiger partial charge in [-0.25, -0.2) is 4.39 Å². The van der Waals surface area contributed by atoms with E-state index in [2.05, 4.69) is 10.6 Å². The maximum Gasteiger partial charge on any atom is 0.248 e. The summed E-state index contributed by atoms with van der Waals surface area (Å²) in [6.45, 7) is 1.66. The number of carbonyl (C=O) groups excluding carboxylic acids is 2. The second kappa shape index (κ2) is 7.11. The van der Waals surface area contributed by atoms with Crippen molar-refractivity contribution in [1.29, 1.82) is 0 Å². The highest BCUT2D eigenvalue weighted by Gasteiger charge is 2.13. The third-order valence-corrected chi connectivity index (χ3v) is 3.42. The van der Waals surface area contributed by atoms with Gasteiger partial charge < -0.3 is 16.4 Å². The quantitative estimate of drug-likeness (QED) is 0.785. The van der Waals surface area contributed by atoms with Crippen molar-refractivity contribution in [1.82, 2.24) is 0 Å². The molecule has 0 radical (unpaired) electrons. The summed E-state index contributed by atoms with van der Waals surface area (Å²) >= 11 is 5.69. The molecule has 2 aromatic carbocycles. The highest BCUT2D eigenvalue weighted by Crippen LogP contribution is 2.20. The molecule has 0 fully saturated rings. The molecule has 2 aromatic rings. The number of carbonyl (C=O) groups is 2. The summed E-state index contributed by atoms with van der Waals surface area (Å²) < 4.78 is 13.1. The second-order valence-electron chi connectivity index (χ2n) is 4.93. The number of hydrogen-bond donors (Lipinski definition) is 3. The van der Waals surface area contributed by atoms with Crippen molar-refractivity contribution in [2.45, 2.75) is 13.0 Å². The van der Waals surface area contributed by atoms with Crippen molar-refractivity contribution in [3.8, 4) is 0 Å². The van der Waals surface area contributed by atoms with Crippen LogP contribution in [0.25, 0.3) is 0 Å². The van der Waals surface area contributed by atoms with E-state index in [4.69, 9.17) is 17.3 Å². The zero-order valence-corrected chi connectivity index (χ0v) is 13.0. The molecule has 1 unspecified atom stereocenters. The molecule has 2 rings (SSSR count). The fraction of sp³-hybridized carbons (Fsp3) is 0.125. The van der Waals surface area contributed by atoms with Crippen LogP contribution in [0.3, 0.4) is 0 Å². The molecule has 0 saturated carbocycles. The number of rotatable bonds is 5. The lowest BCUT2D eigenvalue weighted by Gasteiger charge is -2.15. The highest BCUT2D eigenvalue weighted by atomic mass is 35.5. The van der Waals surface area contributed by atoms with Crippen molar-refractivity contribution in [2.75, 3.05) is 10.6 Å². The van der Waals surface area contributed by atoms with Crippen LogP contribution >= 0.6 is 11.6 Å². The van der Waals surface area contributed by atoms with E-state index >= 15 is 0 Å². The van der Waals surface area contributed by atoms with Crippen LogP contribution in [-0.2, 0) is 4.79 Å². The van der Waals surface area contributed by atoms with Gasteiger partial charge in [-0.2, -0.15) is 0 Å². The first-order valence-corrected chi connectivity index (χ1v) is 7.17. The molecule has 0 aliphatic heterocycles. The second-order valence-corrected chi connectivity index (χ2v) is 5.33. The van der Waals surface area contributed by atoms with Gasteiger partial charge in [0.2, 0.25) is 11.8 Å². The van der Waals surface area contributed by atoms with Gasteiger partial charge in [-0.05, 0) is 49.4 Å². The highest BCUT2D eigenvalue weighted by molar-refractivity contribution is 6.31. The molecule has 0 aliphatic carbocycles. The molecule has 0 heterocycles. The van der Waals surface area contributed by atoms with Crippen LogP contribution in [0.1, 0.15) is 17.3 Å². The average Bonchev–Trinajstić information content (AvgIpc) is 2.51. The van der Waals surface area contributed by atoms with Crippen LogP contribution in [-0.4, -0.2) is 17.9 Å². The van der Waals surface area contributed by atoms with Crippen LogP contribution in [0.2, 0.25) is 5.02 Å². The van der Waals surface area contributed by atoms with Crippen LogP contribution in [0, 0.1) is 5.82 Å². The lowest BCUT2D eigenvalue weighted by molar-refractivity contribution is -0.116. The Labute approximate surface area is 137 Å². The molecule has 7 heteroatoms. The standard InChI is InChI=1S/C16H15ClFN3O2/c1-9(20-12-6-7-14(18)13(17)8-12)16(23)21-11-4-2-10(3-5-11)15(19)22/h2-9,20H,1H3,(H2,19,22)(H,21,23). The molecule has 0 spiro atoms. The summed E-state index contributed by atoms with van der Waals surface area (Å²) in [5, 5.41) is 5.59. The van der Waals surface area contributed by atoms with Crippen molar-refractivity contribution in [3.63, 3.8) is 0 Å². The van der Waals surface area contributed by atoms with Crippen molar-refractivity contribution >= 4 is 34.8 Å². The van der Waals surface area contributed by atoms with Gasteiger partial charge in [-0.3, -0.25) is 9.59 Å². The van der Waals surface area contributed by atoms with E-state index in [0.29, 0.717) is 16.9 Å². The van der Waals surface area contributed by atoms with E-state index in [1.165, 1.54) is 30.3 Å². The van der Waals surface area contributed by atoms with Crippen LogP contribution in [0.15, 0.2) is 42.5 Å². The van der Waals surface area contributed by atoms with E-state index in [9.17, 15) is 14.0 Å². The smallest absolute Gasteiger partial charge is 0.248 e. The van der Waals surface area contributed by atoms with Gasteiger partial charge >= 0.3 is 0 Å². The van der Waals surface area contributed by atoms with Crippen molar-refractivity contribution < 1.29 is 14.0 Å². The first-order chi connectivity index (χ1) is 10.9. The number of hydrogen-bond acceptors (Lipinski definition) is 3. The topological polar surface area (TPSA) is 84.2 Å². The largest absolute Gasteiger partial charge is 0.374 e. The molecular formula is C16H15ClFN3O2. The van der Waals surface area contributed by atoms with Gasteiger partial charge in [0.15, 0.2) is 0 Å². The summed E-state index contributed by atoms with van der Waals surface area (Å²) in [5.74, 6) is -1.35.